The molecule has 1 aliphatic rings. The third-order valence-corrected chi connectivity index (χ3v) is 2.04. The molecule has 0 radical (unpaired) electrons. The second-order valence-corrected chi connectivity index (χ2v) is 3.06. The molecule has 0 amide bonds. The quantitative estimate of drug-likeness (QED) is 0.448. The molecule has 11 heavy (non-hydrogen) atoms. The van der Waals surface area contributed by atoms with E-state index in [1.165, 1.54) is 0 Å². The van der Waals surface area contributed by atoms with E-state index >= 15 is 0 Å². The zero-order chi connectivity index (χ0) is 8.27. The minimum atomic E-state index is -0.0527. The van der Waals surface area contributed by atoms with Gasteiger partial charge in [0.05, 0.1) is 5.92 Å². The minimum absolute atomic E-state index is 0.0527. The van der Waals surface area contributed by atoms with E-state index in [0.29, 0.717) is 0 Å². The van der Waals surface area contributed by atoms with Gasteiger partial charge in [-0.2, -0.15) is 0 Å². The van der Waals surface area contributed by atoms with Gasteiger partial charge in [0.25, 0.3) is 0 Å². The van der Waals surface area contributed by atoms with E-state index in [9.17, 15) is 4.79 Å². The smallest absolute Gasteiger partial charge is 0.308 e. The Morgan fingerprint density at radius 1 is 1.73 bits per heavy atom. The summed E-state index contributed by atoms with van der Waals surface area (Å²) in [6, 6.07) is 0. The molecule has 0 unspecified atom stereocenters. The molecule has 0 N–H and O–H groups in total. The van der Waals surface area contributed by atoms with Crippen LogP contribution in [0.25, 0.3) is 0 Å². The van der Waals surface area contributed by atoms with Crippen LogP contribution in [0, 0.1) is 5.92 Å². The number of hydrogen-bond donors (Lipinski definition) is 0. The molecule has 1 heterocycles. The first-order valence-corrected chi connectivity index (χ1v) is 4.05. The fraction of sp³-hybridized carbons (Fsp3) is 0.667. The van der Waals surface area contributed by atoms with Crippen molar-refractivity contribution in [3.63, 3.8) is 0 Å². The molecule has 62 valence electrons. The maximum absolute atomic E-state index is 11.0. The van der Waals surface area contributed by atoms with E-state index in [-0.39, 0.29) is 18.0 Å². The standard InChI is InChI=1S/C9H14O2/c1-3-4-8-6-5-7(2)9(10)11-8/h3,7-8H,1,4-6H2,2H3/t7-,8-/m1/s1. The van der Waals surface area contributed by atoms with Crippen LogP contribution >= 0.6 is 0 Å². The number of carbonyl (C=O) groups excluding carboxylic acids is 1. The highest BCUT2D eigenvalue weighted by Crippen LogP contribution is 2.21. The molecule has 0 saturated carbocycles. The Labute approximate surface area is 67.2 Å². The fourth-order valence-electron chi connectivity index (χ4n) is 1.24. The van der Waals surface area contributed by atoms with Gasteiger partial charge in [-0.15, -0.1) is 6.58 Å². The van der Waals surface area contributed by atoms with Gasteiger partial charge in [0.2, 0.25) is 0 Å². The second kappa shape index (κ2) is 3.56. The molecule has 0 aromatic rings. The molecule has 1 fully saturated rings. The SMILES string of the molecule is C=CC[C@@H]1CC[C@@H](C)C(=O)O1. The van der Waals surface area contributed by atoms with Gasteiger partial charge in [0.15, 0.2) is 0 Å². The van der Waals surface area contributed by atoms with Crippen LogP contribution in [0.1, 0.15) is 26.2 Å². The van der Waals surface area contributed by atoms with Gasteiger partial charge < -0.3 is 4.74 Å². The van der Waals surface area contributed by atoms with Gasteiger partial charge in [0, 0.05) is 6.42 Å². The molecule has 1 saturated heterocycles. The number of hydrogen-bond acceptors (Lipinski definition) is 2. The van der Waals surface area contributed by atoms with Crippen LogP contribution < -0.4 is 0 Å². The summed E-state index contributed by atoms with van der Waals surface area (Å²) in [6.45, 7) is 5.52. The van der Waals surface area contributed by atoms with E-state index < -0.39 is 0 Å². The Hall–Kier alpha value is -0.790. The van der Waals surface area contributed by atoms with Crippen molar-refractivity contribution < 1.29 is 9.53 Å². The van der Waals surface area contributed by atoms with Gasteiger partial charge in [-0.1, -0.05) is 13.0 Å². The van der Waals surface area contributed by atoms with Crippen LogP contribution in [0.3, 0.4) is 0 Å². The summed E-state index contributed by atoms with van der Waals surface area (Å²) in [6.07, 6.45) is 4.62. The lowest BCUT2D eigenvalue weighted by atomic mass is 9.98. The average Bonchev–Trinajstić information content (AvgIpc) is 1.98. The zero-order valence-corrected chi connectivity index (χ0v) is 6.88. The molecule has 2 atom stereocenters. The van der Waals surface area contributed by atoms with E-state index in [4.69, 9.17) is 4.74 Å². The topological polar surface area (TPSA) is 26.3 Å². The minimum Gasteiger partial charge on any atom is -0.462 e. The Morgan fingerprint density at radius 3 is 3.00 bits per heavy atom. The summed E-state index contributed by atoms with van der Waals surface area (Å²) in [5.41, 5.74) is 0. The highest BCUT2D eigenvalue weighted by molar-refractivity contribution is 5.72. The van der Waals surface area contributed by atoms with Crippen molar-refractivity contribution in [2.45, 2.75) is 32.3 Å². The molecule has 0 spiro atoms. The van der Waals surface area contributed by atoms with Crippen LogP contribution in [-0.2, 0) is 9.53 Å². The molecular weight excluding hydrogens is 140 g/mol. The zero-order valence-electron chi connectivity index (χ0n) is 6.88. The number of rotatable bonds is 2. The normalized spacial score (nSPS) is 31.2. The molecule has 0 aromatic carbocycles. The Kier molecular flexibility index (Phi) is 2.69. The van der Waals surface area contributed by atoms with Gasteiger partial charge in [-0.25, -0.2) is 0 Å². The van der Waals surface area contributed by atoms with E-state index in [1.54, 1.807) is 6.08 Å². The third kappa shape index (κ3) is 2.07. The van der Waals surface area contributed by atoms with Crippen molar-refractivity contribution in [2.24, 2.45) is 5.92 Å². The summed E-state index contributed by atoms with van der Waals surface area (Å²) in [4.78, 5) is 11.0. The summed E-state index contributed by atoms with van der Waals surface area (Å²) in [7, 11) is 0. The van der Waals surface area contributed by atoms with E-state index in [0.717, 1.165) is 19.3 Å². The molecule has 0 bridgehead atoms. The predicted molar refractivity (Wildman–Crippen MR) is 43.1 cm³/mol. The maximum Gasteiger partial charge on any atom is 0.308 e. The predicted octanol–water partition coefficient (Wildman–Crippen LogP) is 1.90. The lowest BCUT2D eigenvalue weighted by molar-refractivity contribution is -0.159. The Bertz CT molecular complexity index is 163. The second-order valence-electron chi connectivity index (χ2n) is 3.06. The van der Waals surface area contributed by atoms with Crippen molar-refractivity contribution in [2.75, 3.05) is 0 Å². The summed E-state index contributed by atoms with van der Waals surface area (Å²) >= 11 is 0. The average molecular weight is 154 g/mol. The van der Waals surface area contributed by atoms with Crippen LogP contribution in [0.2, 0.25) is 0 Å². The lowest BCUT2D eigenvalue weighted by Gasteiger charge is -2.25. The molecule has 1 aliphatic heterocycles. The number of cyclic esters (lactones) is 1. The van der Waals surface area contributed by atoms with Gasteiger partial charge in [0.1, 0.15) is 6.10 Å². The van der Waals surface area contributed by atoms with Crippen molar-refractivity contribution in [3.8, 4) is 0 Å². The Balaban J connectivity index is 2.39. The summed E-state index contributed by atoms with van der Waals surface area (Å²) < 4.78 is 5.13. The van der Waals surface area contributed by atoms with Crippen LogP contribution in [0.15, 0.2) is 12.7 Å². The highest BCUT2D eigenvalue weighted by atomic mass is 16.5. The van der Waals surface area contributed by atoms with E-state index in [1.807, 2.05) is 6.92 Å². The fourth-order valence-corrected chi connectivity index (χ4v) is 1.24. The van der Waals surface area contributed by atoms with Gasteiger partial charge in [-0.3, -0.25) is 4.79 Å². The summed E-state index contributed by atoms with van der Waals surface area (Å²) in [5.74, 6) is 0.0409. The van der Waals surface area contributed by atoms with Crippen molar-refractivity contribution in [1.82, 2.24) is 0 Å². The molecular formula is C9H14O2. The molecule has 2 heteroatoms. The Morgan fingerprint density at radius 2 is 2.45 bits per heavy atom. The first-order valence-electron chi connectivity index (χ1n) is 4.05. The molecule has 2 nitrogen and oxygen atoms in total. The number of ether oxygens (including phenoxy) is 1. The van der Waals surface area contributed by atoms with Gasteiger partial charge >= 0.3 is 5.97 Å². The highest BCUT2D eigenvalue weighted by Gasteiger charge is 2.25. The number of carbonyl (C=O) groups is 1. The van der Waals surface area contributed by atoms with Gasteiger partial charge in [-0.05, 0) is 12.8 Å². The largest absolute Gasteiger partial charge is 0.462 e. The molecule has 1 rings (SSSR count). The first kappa shape index (κ1) is 8.31. The monoisotopic (exact) mass is 154 g/mol. The van der Waals surface area contributed by atoms with E-state index in [2.05, 4.69) is 6.58 Å². The van der Waals surface area contributed by atoms with Crippen LogP contribution in [0.5, 0.6) is 0 Å². The van der Waals surface area contributed by atoms with Crippen molar-refractivity contribution >= 4 is 5.97 Å². The lowest BCUT2D eigenvalue weighted by Crippen LogP contribution is -2.28. The first-order chi connectivity index (χ1) is 5.24. The maximum atomic E-state index is 11.0. The van der Waals surface area contributed by atoms with Crippen LogP contribution in [0.4, 0.5) is 0 Å². The number of esters is 1. The summed E-state index contributed by atoms with van der Waals surface area (Å²) in [5, 5.41) is 0. The van der Waals surface area contributed by atoms with Crippen molar-refractivity contribution in [1.29, 1.82) is 0 Å². The van der Waals surface area contributed by atoms with Crippen molar-refractivity contribution in [3.05, 3.63) is 12.7 Å². The third-order valence-electron chi connectivity index (χ3n) is 2.04. The molecule has 0 aromatic heterocycles. The van der Waals surface area contributed by atoms with Crippen LogP contribution in [-0.4, -0.2) is 12.1 Å². The molecule has 0 aliphatic carbocycles.